The normalized spacial score (nSPS) is 11.0. The van der Waals surface area contributed by atoms with Gasteiger partial charge in [0.2, 0.25) is 0 Å². The molecule has 44 heavy (non-hydrogen) atoms. The molecule has 0 aliphatic carbocycles. The fourth-order valence-corrected chi connectivity index (χ4v) is 5.24. The summed E-state index contributed by atoms with van der Waals surface area (Å²) in [6, 6.07) is 11.1. The number of nitrogens with zero attached hydrogens (tertiary/aromatic N) is 8. The summed E-state index contributed by atoms with van der Waals surface area (Å²) in [6.07, 6.45) is 6.10. The maximum atomic E-state index is 12.3. The van der Waals surface area contributed by atoms with Gasteiger partial charge in [-0.2, -0.15) is 10.2 Å². The van der Waals surface area contributed by atoms with Gasteiger partial charge in [0.25, 0.3) is 0 Å². The van der Waals surface area contributed by atoms with Gasteiger partial charge in [0.1, 0.15) is 33.7 Å². The van der Waals surface area contributed by atoms with Crippen molar-refractivity contribution in [2.24, 2.45) is 0 Å². The number of rotatable bonds is 8. The van der Waals surface area contributed by atoms with E-state index in [1.165, 1.54) is 17.2 Å². The van der Waals surface area contributed by atoms with E-state index in [2.05, 4.69) is 49.5 Å². The van der Waals surface area contributed by atoms with Crippen LogP contribution in [0.1, 0.15) is 59.3 Å². The van der Waals surface area contributed by atoms with E-state index < -0.39 is 11.9 Å². The highest BCUT2D eigenvalue weighted by molar-refractivity contribution is 7.14. The largest absolute Gasteiger partial charge is 0.462 e. The van der Waals surface area contributed by atoms with E-state index in [0.29, 0.717) is 47.1 Å². The van der Waals surface area contributed by atoms with Crippen LogP contribution in [0.5, 0.6) is 0 Å². The van der Waals surface area contributed by atoms with E-state index >= 15 is 0 Å². The number of aromatic nitrogens is 8. The summed E-state index contributed by atoms with van der Waals surface area (Å²) in [5, 5.41) is 22.0. The Labute approximate surface area is 260 Å². The monoisotopic (exact) mass is 633 g/mol. The lowest BCUT2D eigenvalue weighted by molar-refractivity contribution is 0.0519. The molecule has 0 unspecified atom stereocenters. The Hall–Kier alpha value is -4.95. The second kappa shape index (κ2) is 13.6. The van der Waals surface area contributed by atoms with Crippen molar-refractivity contribution in [3.8, 4) is 10.6 Å². The molecule has 0 aliphatic rings. The number of fused-ring (bicyclic) bond motifs is 2. The molecule has 0 radical (unpaired) electrons. The number of ether oxygens (including phenoxy) is 2. The second-order valence-corrected chi connectivity index (χ2v) is 10.8. The molecule has 5 heterocycles. The first kappa shape index (κ1) is 30.5. The molecule has 6 aromatic rings. The van der Waals surface area contributed by atoms with Crippen LogP contribution < -0.4 is 5.32 Å². The highest BCUT2D eigenvalue weighted by atomic mass is 35.5. The van der Waals surface area contributed by atoms with Crippen LogP contribution in [-0.2, 0) is 9.47 Å². The number of hydrogen-bond donors (Lipinski definition) is 1. The fourth-order valence-electron chi connectivity index (χ4n) is 4.16. The Morgan fingerprint density at radius 2 is 1.55 bits per heavy atom. The maximum Gasteiger partial charge on any atom is 0.340 e. The van der Waals surface area contributed by atoms with E-state index in [1.807, 2.05) is 24.3 Å². The molecule has 0 saturated heterocycles. The molecule has 0 bridgehead atoms. The lowest BCUT2D eigenvalue weighted by Gasteiger charge is -2.09. The third-order valence-electron chi connectivity index (χ3n) is 6.16. The lowest BCUT2D eigenvalue weighted by atomic mass is 10.2. The summed E-state index contributed by atoms with van der Waals surface area (Å²) < 4.78 is 13.1. The minimum Gasteiger partial charge on any atom is -0.462 e. The molecule has 0 amide bonds. The van der Waals surface area contributed by atoms with E-state index in [-0.39, 0.29) is 5.15 Å². The predicted molar refractivity (Wildman–Crippen MR) is 166 cm³/mol. The van der Waals surface area contributed by atoms with Crippen molar-refractivity contribution < 1.29 is 19.1 Å². The molecule has 0 fully saturated rings. The lowest BCUT2D eigenvalue weighted by Crippen LogP contribution is -2.07. The van der Waals surface area contributed by atoms with Gasteiger partial charge in [0, 0.05) is 29.6 Å². The molecule has 1 aromatic carbocycles. The average molecular weight is 634 g/mol. The van der Waals surface area contributed by atoms with Crippen LogP contribution in [-0.4, -0.2) is 64.5 Å². The van der Waals surface area contributed by atoms with Gasteiger partial charge in [-0.3, -0.25) is 0 Å². The summed E-state index contributed by atoms with van der Waals surface area (Å²) in [5.74, 6) is 0.0336. The Morgan fingerprint density at radius 1 is 0.909 bits per heavy atom. The zero-order valence-corrected chi connectivity index (χ0v) is 25.8. The first-order valence-corrected chi connectivity index (χ1v) is 14.8. The third kappa shape index (κ3) is 6.50. The Kier molecular flexibility index (Phi) is 9.41. The van der Waals surface area contributed by atoms with Gasteiger partial charge < -0.3 is 14.8 Å². The number of hydrogen-bond acceptors (Lipinski definition) is 12. The molecule has 15 heteroatoms. The van der Waals surface area contributed by atoms with Crippen molar-refractivity contribution in [1.29, 1.82) is 0 Å². The molecule has 0 spiro atoms. The Bertz CT molecular complexity index is 1930. The molecule has 13 nitrogen and oxygen atoms in total. The zero-order valence-electron chi connectivity index (χ0n) is 24.3. The molecular weight excluding hydrogens is 606 g/mol. The van der Waals surface area contributed by atoms with Crippen LogP contribution in [0, 0.1) is 0 Å². The van der Waals surface area contributed by atoms with E-state index in [9.17, 15) is 9.59 Å². The molecule has 5 aromatic heterocycles. The van der Waals surface area contributed by atoms with Crippen molar-refractivity contribution in [1.82, 2.24) is 39.4 Å². The van der Waals surface area contributed by atoms with Crippen molar-refractivity contribution in [3.63, 3.8) is 0 Å². The van der Waals surface area contributed by atoms with Gasteiger partial charge in [0.05, 0.1) is 24.3 Å². The van der Waals surface area contributed by atoms with Crippen LogP contribution in [0.3, 0.4) is 0 Å². The van der Waals surface area contributed by atoms with Gasteiger partial charge in [-0.15, -0.1) is 10.2 Å². The third-order valence-corrected chi connectivity index (χ3v) is 7.71. The molecule has 226 valence electrons. The number of nitrogens with one attached hydrogen (secondary N) is 1. The number of benzene rings is 1. The quantitative estimate of drug-likeness (QED) is 0.201. The molecule has 6 rings (SSSR count). The van der Waals surface area contributed by atoms with Crippen LogP contribution in [0.4, 0.5) is 11.5 Å². The van der Waals surface area contributed by atoms with E-state index in [1.54, 1.807) is 54.2 Å². The Morgan fingerprint density at radius 3 is 2.18 bits per heavy atom. The molecule has 0 atom stereocenters. The van der Waals surface area contributed by atoms with Crippen LogP contribution >= 0.6 is 22.9 Å². The zero-order chi connectivity index (χ0) is 31.2. The number of carbonyl (C=O) groups excluding carboxylic acids is 2. The van der Waals surface area contributed by atoms with Crippen molar-refractivity contribution in [2.75, 3.05) is 18.5 Å². The van der Waals surface area contributed by atoms with Crippen LogP contribution in [0.25, 0.3) is 21.6 Å². The van der Waals surface area contributed by atoms with Crippen LogP contribution in [0.2, 0.25) is 5.15 Å². The smallest absolute Gasteiger partial charge is 0.340 e. The summed E-state index contributed by atoms with van der Waals surface area (Å²) >= 11 is 7.45. The SMILES string of the molecule is CCOC(=O)c1ccn2ncnc(Cl)c12.CCOC(=O)c1ccn2ncnc(Nc3cccc(-c4nnc(C(C)C)s4)c3)c12. The minimum atomic E-state index is -0.420. The van der Waals surface area contributed by atoms with Crippen molar-refractivity contribution in [2.45, 2.75) is 33.6 Å². The number of esters is 2. The highest BCUT2D eigenvalue weighted by Crippen LogP contribution is 2.30. The molecule has 0 saturated carbocycles. The van der Waals surface area contributed by atoms with E-state index in [4.69, 9.17) is 21.1 Å². The minimum absolute atomic E-state index is 0.234. The Balaban J connectivity index is 0.000000215. The first-order valence-electron chi connectivity index (χ1n) is 13.7. The van der Waals surface area contributed by atoms with Gasteiger partial charge in [-0.05, 0) is 38.1 Å². The summed E-state index contributed by atoms with van der Waals surface area (Å²) in [6.45, 7) is 8.34. The molecule has 1 N–H and O–H groups in total. The second-order valence-electron chi connectivity index (χ2n) is 9.45. The predicted octanol–water partition coefficient (Wildman–Crippen LogP) is 5.85. The average Bonchev–Trinajstić information content (AvgIpc) is 3.77. The summed E-state index contributed by atoms with van der Waals surface area (Å²) in [4.78, 5) is 31.9. The standard InChI is InChI=1S/C20H20N6O2S.C9H8ClN3O2/c1-4-28-20(27)15-8-9-26-16(15)17(21-11-22-26)23-14-7-5-6-13(10-14)19-25-24-18(29-19)12(2)3;1-2-15-9(14)6-3-4-13-7(6)8(10)11-5-12-13/h5-12H,4H2,1-3H3,(H,21,22,23);3-5H,2H2,1H3. The molecular formula is C29H28ClN9O4S. The molecule has 0 aliphatic heterocycles. The van der Waals surface area contributed by atoms with Crippen LogP contribution in [0.15, 0.2) is 61.4 Å². The maximum absolute atomic E-state index is 12.3. The number of carbonyl (C=O) groups is 2. The van der Waals surface area contributed by atoms with Gasteiger partial charge in [-0.1, -0.05) is 48.9 Å². The fraction of sp³-hybridized carbons (Fsp3) is 0.241. The number of halogens is 1. The van der Waals surface area contributed by atoms with E-state index in [0.717, 1.165) is 21.3 Å². The topological polar surface area (TPSA) is 151 Å². The first-order chi connectivity index (χ1) is 21.3. The summed E-state index contributed by atoms with van der Waals surface area (Å²) in [5.41, 5.74) is 3.61. The van der Waals surface area contributed by atoms with Gasteiger partial charge in [-0.25, -0.2) is 28.6 Å². The highest BCUT2D eigenvalue weighted by Gasteiger charge is 2.18. The summed E-state index contributed by atoms with van der Waals surface area (Å²) in [7, 11) is 0. The number of anilines is 2. The van der Waals surface area contributed by atoms with Crippen molar-refractivity contribution in [3.05, 3.63) is 82.7 Å². The van der Waals surface area contributed by atoms with Gasteiger partial charge >= 0.3 is 11.9 Å². The van der Waals surface area contributed by atoms with Crippen molar-refractivity contribution >= 4 is 57.4 Å². The van der Waals surface area contributed by atoms with Gasteiger partial charge in [0.15, 0.2) is 11.0 Å².